The Balaban J connectivity index is 2.07. The van der Waals surface area contributed by atoms with Crippen LogP contribution in [0.5, 0.6) is 0 Å². The summed E-state index contributed by atoms with van der Waals surface area (Å²) in [6.07, 6.45) is 11.5. The third-order valence-corrected chi connectivity index (χ3v) is 2.38. The maximum atomic E-state index is 10.4. The summed E-state index contributed by atoms with van der Waals surface area (Å²) >= 11 is 0. The number of carboxylic acid groups (broad SMARTS) is 1. The van der Waals surface area contributed by atoms with Gasteiger partial charge in [-0.1, -0.05) is 12.1 Å². The third-order valence-electron chi connectivity index (χ3n) is 2.38. The van der Waals surface area contributed by atoms with Gasteiger partial charge in [0.2, 0.25) is 0 Å². The molecular weight excluding hydrogens is 240 g/mol. The van der Waals surface area contributed by atoms with Gasteiger partial charge in [-0.15, -0.1) is 0 Å². The van der Waals surface area contributed by atoms with Gasteiger partial charge in [0.1, 0.15) is 0 Å². The molecule has 0 bridgehead atoms. The topological polar surface area (TPSA) is 63.1 Å². The minimum Gasteiger partial charge on any atom is -0.478 e. The number of pyridine rings is 2. The molecule has 4 nitrogen and oxygen atoms in total. The zero-order valence-electron chi connectivity index (χ0n) is 10.1. The van der Waals surface area contributed by atoms with Crippen molar-refractivity contribution in [1.82, 2.24) is 9.97 Å². The van der Waals surface area contributed by atoms with Crippen LogP contribution in [0.15, 0.2) is 48.9 Å². The molecule has 0 aliphatic carbocycles. The van der Waals surface area contributed by atoms with Crippen molar-refractivity contribution >= 4 is 24.2 Å². The van der Waals surface area contributed by atoms with E-state index in [0.717, 1.165) is 22.9 Å². The number of aromatic nitrogens is 2. The molecule has 2 heterocycles. The third kappa shape index (κ3) is 4.20. The highest BCUT2D eigenvalue weighted by molar-refractivity contribution is 5.85. The molecule has 0 saturated carbocycles. The van der Waals surface area contributed by atoms with E-state index < -0.39 is 5.97 Å². The number of hydrogen-bond acceptors (Lipinski definition) is 3. The molecular formula is C15H12N2O2. The van der Waals surface area contributed by atoms with E-state index in [0.29, 0.717) is 0 Å². The second-order valence-corrected chi connectivity index (χ2v) is 3.80. The predicted molar refractivity (Wildman–Crippen MR) is 74.1 cm³/mol. The zero-order valence-corrected chi connectivity index (χ0v) is 10.1. The Kier molecular flexibility index (Phi) is 4.18. The van der Waals surface area contributed by atoms with E-state index >= 15 is 0 Å². The van der Waals surface area contributed by atoms with E-state index in [-0.39, 0.29) is 0 Å². The van der Waals surface area contributed by atoms with Gasteiger partial charge >= 0.3 is 5.97 Å². The van der Waals surface area contributed by atoms with Crippen molar-refractivity contribution in [3.05, 3.63) is 65.8 Å². The maximum Gasteiger partial charge on any atom is 0.328 e. The number of carboxylic acids is 1. The molecule has 0 spiro atoms. The van der Waals surface area contributed by atoms with Gasteiger partial charge in [0.25, 0.3) is 0 Å². The van der Waals surface area contributed by atoms with Crippen molar-refractivity contribution in [2.45, 2.75) is 0 Å². The van der Waals surface area contributed by atoms with E-state index in [1.165, 1.54) is 6.08 Å². The van der Waals surface area contributed by atoms with Crippen molar-refractivity contribution in [2.75, 3.05) is 0 Å². The number of hydrogen-bond donors (Lipinski definition) is 1. The van der Waals surface area contributed by atoms with Crippen molar-refractivity contribution in [1.29, 1.82) is 0 Å². The summed E-state index contributed by atoms with van der Waals surface area (Å²) in [4.78, 5) is 18.5. The molecule has 0 amide bonds. The molecule has 2 aromatic rings. The van der Waals surface area contributed by atoms with Crippen LogP contribution in [0.1, 0.15) is 16.8 Å². The van der Waals surface area contributed by atoms with Crippen molar-refractivity contribution in [3.63, 3.8) is 0 Å². The molecule has 2 aromatic heterocycles. The molecule has 0 unspecified atom stereocenters. The first kappa shape index (κ1) is 12.7. The van der Waals surface area contributed by atoms with Crippen LogP contribution in [0.4, 0.5) is 0 Å². The molecule has 0 aliphatic heterocycles. The first-order valence-corrected chi connectivity index (χ1v) is 5.69. The summed E-state index contributed by atoms with van der Waals surface area (Å²) in [5, 5.41) is 8.52. The summed E-state index contributed by atoms with van der Waals surface area (Å²) in [6.45, 7) is 0. The lowest BCUT2D eigenvalue weighted by atomic mass is 10.2. The lowest BCUT2D eigenvalue weighted by Gasteiger charge is -1.95. The molecule has 0 atom stereocenters. The fourth-order valence-electron chi connectivity index (χ4n) is 1.44. The highest BCUT2D eigenvalue weighted by Gasteiger charge is 1.92. The lowest BCUT2D eigenvalue weighted by molar-refractivity contribution is -0.131. The van der Waals surface area contributed by atoms with Gasteiger partial charge in [0.15, 0.2) is 0 Å². The molecule has 0 aliphatic rings. The summed E-state index contributed by atoms with van der Waals surface area (Å²) in [5.74, 6) is -0.971. The van der Waals surface area contributed by atoms with Crippen molar-refractivity contribution < 1.29 is 9.90 Å². The Bertz CT molecular complexity index is 602. The highest BCUT2D eigenvalue weighted by atomic mass is 16.4. The van der Waals surface area contributed by atoms with Crippen LogP contribution >= 0.6 is 0 Å². The van der Waals surface area contributed by atoms with Crippen molar-refractivity contribution in [3.8, 4) is 0 Å². The van der Waals surface area contributed by atoms with E-state index in [1.807, 2.05) is 36.4 Å². The van der Waals surface area contributed by atoms with Gasteiger partial charge in [-0.2, -0.15) is 0 Å². The number of aliphatic carboxylic acids is 1. The van der Waals surface area contributed by atoms with Gasteiger partial charge in [-0.3, -0.25) is 9.97 Å². The van der Waals surface area contributed by atoms with Gasteiger partial charge in [0, 0.05) is 24.7 Å². The van der Waals surface area contributed by atoms with Gasteiger partial charge in [-0.25, -0.2) is 4.79 Å². The second-order valence-electron chi connectivity index (χ2n) is 3.80. The van der Waals surface area contributed by atoms with E-state index in [1.54, 1.807) is 18.6 Å². The Morgan fingerprint density at radius 1 is 1.00 bits per heavy atom. The Morgan fingerprint density at radius 2 is 1.79 bits per heavy atom. The van der Waals surface area contributed by atoms with Crippen molar-refractivity contribution in [2.24, 2.45) is 0 Å². The van der Waals surface area contributed by atoms with E-state index in [2.05, 4.69) is 9.97 Å². The fraction of sp³-hybridized carbons (Fsp3) is 0. The van der Waals surface area contributed by atoms with Crippen LogP contribution < -0.4 is 0 Å². The summed E-state index contributed by atoms with van der Waals surface area (Å²) < 4.78 is 0. The van der Waals surface area contributed by atoms with Crippen LogP contribution in [0.2, 0.25) is 0 Å². The summed E-state index contributed by atoms with van der Waals surface area (Å²) in [6, 6.07) is 7.46. The predicted octanol–water partition coefficient (Wildman–Crippen LogP) is 2.74. The summed E-state index contributed by atoms with van der Waals surface area (Å²) in [5.41, 5.74) is 2.61. The van der Waals surface area contributed by atoms with Gasteiger partial charge < -0.3 is 5.11 Å². The average molecular weight is 252 g/mol. The molecule has 19 heavy (non-hydrogen) atoms. The fourth-order valence-corrected chi connectivity index (χ4v) is 1.44. The Morgan fingerprint density at radius 3 is 2.42 bits per heavy atom. The highest BCUT2D eigenvalue weighted by Crippen LogP contribution is 2.07. The van der Waals surface area contributed by atoms with Gasteiger partial charge in [-0.05, 0) is 41.5 Å². The molecule has 4 heteroatoms. The SMILES string of the molecule is O=C(O)C=Cc1ccc(/C=C/c2ccncc2)nc1. The number of nitrogens with zero attached hydrogens (tertiary/aromatic N) is 2. The average Bonchev–Trinajstić information content (AvgIpc) is 2.45. The van der Waals surface area contributed by atoms with Crippen LogP contribution in [-0.2, 0) is 4.79 Å². The zero-order chi connectivity index (χ0) is 13.5. The first-order chi connectivity index (χ1) is 9.24. The largest absolute Gasteiger partial charge is 0.478 e. The molecule has 0 radical (unpaired) electrons. The molecule has 0 fully saturated rings. The quantitative estimate of drug-likeness (QED) is 0.850. The Labute approximate surface area is 110 Å². The molecule has 1 N–H and O–H groups in total. The standard InChI is InChI=1S/C15H12N2O2/c18-15(19)6-3-13-2-5-14(17-11-13)4-1-12-7-9-16-10-8-12/h1-11H,(H,18,19)/b4-1+,6-3?. The Hall–Kier alpha value is -2.75. The van der Waals surface area contributed by atoms with Crippen LogP contribution in [0.25, 0.3) is 18.2 Å². The summed E-state index contributed by atoms with van der Waals surface area (Å²) in [7, 11) is 0. The number of rotatable bonds is 4. The maximum absolute atomic E-state index is 10.4. The lowest BCUT2D eigenvalue weighted by Crippen LogP contribution is -1.86. The van der Waals surface area contributed by atoms with E-state index in [9.17, 15) is 4.79 Å². The monoisotopic (exact) mass is 252 g/mol. The molecule has 2 rings (SSSR count). The minimum atomic E-state index is -0.971. The van der Waals surface area contributed by atoms with Crippen LogP contribution in [0, 0.1) is 0 Å². The van der Waals surface area contributed by atoms with Gasteiger partial charge in [0.05, 0.1) is 5.69 Å². The molecule has 94 valence electrons. The second kappa shape index (κ2) is 6.26. The minimum absolute atomic E-state index is 0.753. The van der Waals surface area contributed by atoms with Crippen LogP contribution in [0.3, 0.4) is 0 Å². The molecule has 0 aromatic carbocycles. The number of carbonyl (C=O) groups is 1. The van der Waals surface area contributed by atoms with E-state index in [4.69, 9.17) is 5.11 Å². The first-order valence-electron chi connectivity index (χ1n) is 5.69. The molecule has 0 saturated heterocycles. The smallest absolute Gasteiger partial charge is 0.328 e. The van der Waals surface area contributed by atoms with Crippen LogP contribution in [-0.4, -0.2) is 21.0 Å². The normalized spacial score (nSPS) is 11.2.